The van der Waals surface area contributed by atoms with Gasteiger partial charge in [-0.25, -0.2) is 0 Å². The molecular formula is C18H38. The van der Waals surface area contributed by atoms with E-state index in [1.807, 2.05) is 0 Å². The van der Waals surface area contributed by atoms with Gasteiger partial charge in [0, 0.05) is 0 Å². The van der Waals surface area contributed by atoms with E-state index >= 15 is 0 Å². The number of hydrogen-bond acceptors (Lipinski definition) is 0. The van der Waals surface area contributed by atoms with E-state index in [2.05, 4.69) is 41.5 Å². The maximum absolute atomic E-state index is 2.48. The summed E-state index contributed by atoms with van der Waals surface area (Å²) in [4.78, 5) is 0. The highest BCUT2D eigenvalue weighted by molar-refractivity contribution is 4.79. The lowest BCUT2D eigenvalue weighted by atomic mass is 9.69. The van der Waals surface area contributed by atoms with Crippen LogP contribution < -0.4 is 0 Å². The quantitative estimate of drug-likeness (QED) is 0.385. The maximum atomic E-state index is 2.48. The lowest BCUT2D eigenvalue weighted by Crippen LogP contribution is -2.27. The molecule has 18 heavy (non-hydrogen) atoms. The summed E-state index contributed by atoms with van der Waals surface area (Å²) in [6.07, 6.45) is 11.2. The van der Waals surface area contributed by atoms with Crippen LogP contribution in [-0.2, 0) is 0 Å². The zero-order chi connectivity index (χ0) is 14.0. The van der Waals surface area contributed by atoms with Crippen molar-refractivity contribution in [2.24, 2.45) is 23.7 Å². The molecule has 0 aliphatic rings. The van der Waals surface area contributed by atoms with E-state index in [1.165, 1.54) is 51.4 Å². The fourth-order valence-corrected chi connectivity index (χ4v) is 3.75. The van der Waals surface area contributed by atoms with Gasteiger partial charge in [-0.05, 0) is 23.7 Å². The summed E-state index contributed by atoms with van der Waals surface area (Å²) in [7, 11) is 0. The molecule has 0 aromatic heterocycles. The van der Waals surface area contributed by atoms with Gasteiger partial charge in [-0.3, -0.25) is 0 Å². The molecule has 110 valence electrons. The van der Waals surface area contributed by atoms with Crippen LogP contribution in [0.2, 0.25) is 0 Å². The predicted molar refractivity (Wildman–Crippen MR) is 84.9 cm³/mol. The minimum absolute atomic E-state index is 0.905. The van der Waals surface area contributed by atoms with Gasteiger partial charge in [0.25, 0.3) is 0 Å². The van der Waals surface area contributed by atoms with E-state index in [0.717, 1.165) is 23.7 Å². The highest BCUT2D eigenvalue weighted by atomic mass is 14.3. The van der Waals surface area contributed by atoms with Gasteiger partial charge in [0.2, 0.25) is 0 Å². The van der Waals surface area contributed by atoms with Crippen LogP contribution in [0.15, 0.2) is 0 Å². The van der Waals surface area contributed by atoms with Crippen molar-refractivity contribution in [2.45, 2.75) is 92.9 Å². The normalized spacial score (nSPS) is 18.3. The third kappa shape index (κ3) is 5.76. The van der Waals surface area contributed by atoms with E-state index in [-0.39, 0.29) is 0 Å². The Labute approximate surface area is 117 Å². The van der Waals surface area contributed by atoms with E-state index in [0.29, 0.717) is 0 Å². The van der Waals surface area contributed by atoms with Crippen molar-refractivity contribution < 1.29 is 0 Å². The Morgan fingerprint density at radius 1 is 0.667 bits per heavy atom. The number of hydrogen-bond donors (Lipinski definition) is 0. The first-order chi connectivity index (χ1) is 8.65. The van der Waals surface area contributed by atoms with Crippen molar-refractivity contribution >= 4 is 0 Å². The molecule has 0 amide bonds. The second-order valence-corrected chi connectivity index (χ2v) is 6.22. The zero-order valence-electron chi connectivity index (χ0n) is 14.0. The first-order valence-corrected chi connectivity index (χ1v) is 8.65. The molecule has 0 N–H and O–H groups in total. The summed E-state index contributed by atoms with van der Waals surface area (Å²) < 4.78 is 0. The molecule has 0 spiro atoms. The fourth-order valence-electron chi connectivity index (χ4n) is 3.75. The summed E-state index contributed by atoms with van der Waals surface area (Å²) in [6, 6.07) is 0. The number of rotatable bonds is 11. The highest BCUT2D eigenvalue weighted by Gasteiger charge is 2.29. The second-order valence-electron chi connectivity index (χ2n) is 6.22. The Hall–Kier alpha value is 0. The van der Waals surface area contributed by atoms with Gasteiger partial charge in [0.05, 0.1) is 0 Å². The van der Waals surface area contributed by atoms with Crippen LogP contribution in [0.1, 0.15) is 92.9 Å². The van der Waals surface area contributed by atoms with Crippen LogP contribution in [0.5, 0.6) is 0 Å². The standard InChI is InChI=1S/C18H38/c1-7-12-14-16(10-4)18(13-8-2)17(11-5)15(6)9-3/h15-18H,7-14H2,1-6H3. The van der Waals surface area contributed by atoms with Gasteiger partial charge in [0.1, 0.15) is 0 Å². The molecule has 0 aliphatic carbocycles. The molecular weight excluding hydrogens is 216 g/mol. The SMILES string of the molecule is CCCCC(CC)C(CCC)C(CC)C(C)CC. The summed E-state index contributed by atoms with van der Waals surface area (Å²) >= 11 is 0. The fraction of sp³-hybridized carbons (Fsp3) is 1.00. The minimum atomic E-state index is 0.905. The molecule has 0 radical (unpaired) electrons. The van der Waals surface area contributed by atoms with Crippen LogP contribution in [0.3, 0.4) is 0 Å². The van der Waals surface area contributed by atoms with Crippen molar-refractivity contribution in [1.82, 2.24) is 0 Å². The predicted octanol–water partition coefficient (Wildman–Crippen LogP) is 6.69. The lowest BCUT2D eigenvalue weighted by molar-refractivity contribution is 0.136. The minimum Gasteiger partial charge on any atom is -0.0654 e. The molecule has 0 aromatic carbocycles. The Bertz CT molecular complexity index is 173. The van der Waals surface area contributed by atoms with Crippen molar-refractivity contribution in [1.29, 1.82) is 0 Å². The van der Waals surface area contributed by atoms with Crippen molar-refractivity contribution in [2.75, 3.05) is 0 Å². The molecule has 0 fully saturated rings. The van der Waals surface area contributed by atoms with E-state index in [9.17, 15) is 0 Å². The molecule has 0 saturated carbocycles. The van der Waals surface area contributed by atoms with Gasteiger partial charge in [-0.1, -0.05) is 92.9 Å². The maximum Gasteiger partial charge on any atom is -0.0355 e. The van der Waals surface area contributed by atoms with Gasteiger partial charge < -0.3 is 0 Å². The smallest absolute Gasteiger partial charge is 0.0355 e. The Balaban J connectivity index is 4.74. The third-order valence-electron chi connectivity index (χ3n) is 5.08. The Morgan fingerprint density at radius 3 is 1.72 bits per heavy atom. The molecule has 0 aliphatic heterocycles. The molecule has 0 bridgehead atoms. The molecule has 0 heteroatoms. The molecule has 4 atom stereocenters. The van der Waals surface area contributed by atoms with Crippen LogP contribution in [0.4, 0.5) is 0 Å². The first-order valence-electron chi connectivity index (χ1n) is 8.65. The molecule has 4 unspecified atom stereocenters. The second kappa shape index (κ2) is 10.9. The summed E-state index contributed by atoms with van der Waals surface area (Å²) in [6.45, 7) is 14.3. The molecule has 0 rings (SSSR count). The lowest BCUT2D eigenvalue weighted by Gasteiger charge is -2.36. The largest absolute Gasteiger partial charge is 0.0654 e. The first kappa shape index (κ1) is 18.0. The topological polar surface area (TPSA) is 0 Å². The average molecular weight is 255 g/mol. The van der Waals surface area contributed by atoms with Crippen molar-refractivity contribution in [3.8, 4) is 0 Å². The van der Waals surface area contributed by atoms with Gasteiger partial charge in [-0.15, -0.1) is 0 Å². The summed E-state index contributed by atoms with van der Waals surface area (Å²) in [5.41, 5.74) is 0. The molecule has 0 nitrogen and oxygen atoms in total. The van der Waals surface area contributed by atoms with Crippen molar-refractivity contribution in [3.05, 3.63) is 0 Å². The van der Waals surface area contributed by atoms with Crippen LogP contribution in [-0.4, -0.2) is 0 Å². The summed E-state index contributed by atoms with van der Waals surface area (Å²) in [5.74, 6) is 3.81. The van der Waals surface area contributed by atoms with Gasteiger partial charge >= 0.3 is 0 Å². The van der Waals surface area contributed by atoms with Gasteiger partial charge in [0.15, 0.2) is 0 Å². The highest BCUT2D eigenvalue weighted by Crippen LogP contribution is 2.38. The van der Waals surface area contributed by atoms with E-state index < -0.39 is 0 Å². The molecule has 0 saturated heterocycles. The van der Waals surface area contributed by atoms with E-state index in [1.54, 1.807) is 0 Å². The third-order valence-corrected chi connectivity index (χ3v) is 5.08. The summed E-state index contributed by atoms with van der Waals surface area (Å²) in [5, 5.41) is 0. The molecule has 0 heterocycles. The van der Waals surface area contributed by atoms with E-state index in [4.69, 9.17) is 0 Å². The van der Waals surface area contributed by atoms with Crippen LogP contribution in [0, 0.1) is 23.7 Å². The Kier molecular flexibility index (Phi) is 10.9. The average Bonchev–Trinajstić information content (AvgIpc) is 2.39. The Morgan fingerprint density at radius 2 is 1.33 bits per heavy atom. The van der Waals surface area contributed by atoms with Crippen LogP contribution >= 0.6 is 0 Å². The monoisotopic (exact) mass is 254 g/mol. The zero-order valence-corrected chi connectivity index (χ0v) is 14.0. The van der Waals surface area contributed by atoms with Crippen LogP contribution in [0.25, 0.3) is 0 Å². The molecule has 0 aromatic rings. The van der Waals surface area contributed by atoms with Crippen molar-refractivity contribution in [3.63, 3.8) is 0 Å². The number of unbranched alkanes of at least 4 members (excludes halogenated alkanes) is 1. The van der Waals surface area contributed by atoms with Gasteiger partial charge in [-0.2, -0.15) is 0 Å².